The molecular weight excluding hydrogens is 455 g/mol. The highest BCUT2D eigenvalue weighted by molar-refractivity contribution is 6.30. The lowest BCUT2D eigenvalue weighted by Gasteiger charge is -2.24. The molecule has 0 amide bonds. The highest BCUT2D eigenvalue weighted by atomic mass is 35.5. The minimum atomic E-state index is -0.834. The Balaban J connectivity index is 1.53. The fourth-order valence-electron chi connectivity index (χ4n) is 4.52. The second-order valence-electron chi connectivity index (χ2n) is 8.83. The fraction of sp³-hybridized carbons (Fsp3) is 0.321. The summed E-state index contributed by atoms with van der Waals surface area (Å²) < 4.78 is 26.5. The van der Waals surface area contributed by atoms with E-state index in [2.05, 4.69) is 0 Å². The second-order valence-corrected chi connectivity index (χ2v) is 9.26. The summed E-state index contributed by atoms with van der Waals surface area (Å²) >= 11 is 6.27. The zero-order valence-corrected chi connectivity index (χ0v) is 19.9. The Kier molecular flexibility index (Phi) is 7.73. The molecule has 4 nitrogen and oxygen atoms in total. The van der Waals surface area contributed by atoms with Crippen LogP contribution in [0.4, 0.5) is 4.39 Å². The summed E-state index contributed by atoms with van der Waals surface area (Å²) in [6.45, 7) is 1.90. The van der Waals surface area contributed by atoms with E-state index in [1.54, 1.807) is 18.2 Å². The number of hydrogen-bond donors (Lipinski definition) is 1. The third-order valence-electron chi connectivity index (χ3n) is 6.25. The lowest BCUT2D eigenvalue weighted by Crippen LogP contribution is -2.06. The molecule has 0 aliphatic heterocycles. The summed E-state index contributed by atoms with van der Waals surface area (Å²) in [7, 11) is 0. The molecule has 3 aromatic rings. The molecule has 0 saturated heterocycles. The van der Waals surface area contributed by atoms with Crippen LogP contribution in [0.2, 0.25) is 5.02 Å². The van der Waals surface area contributed by atoms with Crippen LogP contribution in [0, 0.1) is 12.7 Å². The molecule has 0 unspecified atom stereocenters. The first-order chi connectivity index (χ1) is 16.4. The van der Waals surface area contributed by atoms with E-state index in [1.165, 1.54) is 31.4 Å². The van der Waals surface area contributed by atoms with E-state index in [4.69, 9.17) is 26.2 Å². The van der Waals surface area contributed by atoms with Crippen molar-refractivity contribution in [1.29, 1.82) is 0 Å². The molecule has 0 heterocycles. The molecule has 1 fully saturated rings. The van der Waals surface area contributed by atoms with Gasteiger partial charge in [0.2, 0.25) is 0 Å². The molecule has 0 radical (unpaired) electrons. The molecule has 1 aliphatic carbocycles. The largest absolute Gasteiger partial charge is 0.481 e. The average Bonchev–Trinajstić information content (AvgIpc) is 2.80. The Bertz CT molecular complexity index is 1170. The fourth-order valence-corrected chi connectivity index (χ4v) is 4.70. The van der Waals surface area contributed by atoms with Gasteiger partial charge in [0.05, 0.1) is 0 Å². The van der Waals surface area contributed by atoms with Gasteiger partial charge in [-0.1, -0.05) is 36.9 Å². The minimum absolute atomic E-state index is 0.0686. The van der Waals surface area contributed by atoms with Crippen molar-refractivity contribution < 1.29 is 23.8 Å². The Morgan fingerprint density at radius 3 is 2.41 bits per heavy atom. The zero-order chi connectivity index (χ0) is 24.1. The molecule has 178 valence electrons. The van der Waals surface area contributed by atoms with Gasteiger partial charge in [0.25, 0.3) is 0 Å². The lowest BCUT2D eigenvalue weighted by molar-refractivity contribution is -0.136. The number of aliphatic carboxylic acids is 1. The molecule has 4 rings (SSSR count). The van der Waals surface area contributed by atoms with E-state index >= 15 is 0 Å². The van der Waals surface area contributed by atoms with Crippen LogP contribution in [0.1, 0.15) is 61.1 Å². The van der Waals surface area contributed by atoms with Crippen molar-refractivity contribution in [1.82, 2.24) is 0 Å². The number of benzene rings is 3. The van der Waals surface area contributed by atoms with Crippen LogP contribution in [0.25, 0.3) is 0 Å². The van der Waals surface area contributed by atoms with Crippen molar-refractivity contribution in [2.75, 3.05) is 0 Å². The van der Waals surface area contributed by atoms with Crippen LogP contribution in [-0.4, -0.2) is 11.1 Å². The minimum Gasteiger partial charge on any atom is -0.481 e. The first kappa shape index (κ1) is 24.1. The SMILES string of the molecule is Cc1cc(Oc2cc(F)cc(Oc3ccc(Cl)cc3C3CCCCC3)c2)ccc1CCC(=O)O. The van der Waals surface area contributed by atoms with E-state index < -0.39 is 11.8 Å². The molecular formula is C28H28ClFO4. The highest BCUT2D eigenvalue weighted by Crippen LogP contribution is 2.41. The summed E-state index contributed by atoms with van der Waals surface area (Å²) in [6.07, 6.45) is 6.32. The van der Waals surface area contributed by atoms with Gasteiger partial charge >= 0.3 is 5.97 Å². The lowest BCUT2D eigenvalue weighted by atomic mass is 9.84. The van der Waals surface area contributed by atoms with Gasteiger partial charge in [0, 0.05) is 29.6 Å². The molecule has 6 heteroatoms. The van der Waals surface area contributed by atoms with Gasteiger partial charge in [-0.2, -0.15) is 0 Å². The quantitative estimate of drug-likeness (QED) is 0.350. The number of aryl methyl sites for hydroxylation is 2. The van der Waals surface area contributed by atoms with Crippen LogP contribution < -0.4 is 9.47 Å². The van der Waals surface area contributed by atoms with Crippen LogP contribution in [0.5, 0.6) is 23.0 Å². The van der Waals surface area contributed by atoms with Gasteiger partial charge in [-0.15, -0.1) is 0 Å². The summed E-state index contributed by atoms with van der Waals surface area (Å²) in [5.41, 5.74) is 2.92. The van der Waals surface area contributed by atoms with E-state index in [9.17, 15) is 9.18 Å². The van der Waals surface area contributed by atoms with Crippen molar-refractivity contribution in [3.05, 3.63) is 82.1 Å². The van der Waals surface area contributed by atoms with Gasteiger partial charge in [-0.05, 0) is 79.1 Å². The third-order valence-corrected chi connectivity index (χ3v) is 6.48. The van der Waals surface area contributed by atoms with Crippen molar-refractivity contribution in [2.45, 2.75) is 57.8 Å². The van der Waals surface area contributed by atoms with Crippen molar-refractivity contribution in [3.63, 3.8) is 0 Å². The summed E-state index contributed by atoms with van der Waals surface area (Å²) in [5, 5.41) is 9.56. The molecule has 1 N–H and O–H groups in total. The molecule has 3 aromatic carbocycles. The first-order valence-corrected chi connectivity index (χ1v) is 12.0. The van der Waals surface area contributed by atoms with Crippen molar-refractivity contribution in [3.8, 4) is 23.0 Å². The number of rotatable bonds is 8. The highest BCUT2D eigenvalue weighted by Gasteiger charge is 2.20. The van der Waals surface area contributed by atoms with Gasteiger partial charge in [-0.25, -0.2) is 4.39 Å². The molecule has 0 spiro atoms. The predicted octanol–water partition coefficient (Wildman–Crippen LogP) is 8.44. The van der Waals surface area contributed by atoms with Crippen LogP contribution in [0.15, 0.2) is 54.6 Å². The van der Waals surface area contributed by atoms with Crippen LogP contribution in [0.3, 0.4) is 0 Å². The first-order valence-electron chi connectivity index (χ1n) is 11.6. The number of carboxylic acids is 1. The van der Waals surface area contributed by atoms with Crippen LogP contribution in [-0.2, 0) is 11.2 Å². The summed E-state index contributed by atoms with van der Waals surface area (Å²) in [4.78, 5) is 10.8. The van der Waals surface area contributed by atoms with Gasteiger partial charge in [0.15, 0.2) is 0 Å². The van der Waals surface area contributed by atoms with E-state index in [-0.39, 0.29) is 6.42 Å². The molecule has 0 atom stereocenters. The van der Waals surface area contributed by atoms with E-state index in [0.29, 0.717) is 40.4 Å². The van der Waals surface area contributed by atoms with Crippen molar-refractivity contribution >= 4 is 17.6 Å². The Morgan fingerprint density at radius 2 is 1.71 bits per heavy atom. The second kappa shape index (κ2) is 10.9. The summed E-state index contributed by atoms with van der Waals surface area (Å²) in [5.74, 6) is 0.989. The molecule has 0 aromatic heterocycles. The zero-order valence-electron chi connectivity index (χ0n) is 19.2. The average molecular weight is 483 g/mol. The Labute approximate surface area is 204 Å². The maximum Gasteiger partial charge on any atom is 0.303 e. The van der Waals surface area contributed by atoms with Crippen LogP contribution >= 0.6 is 11.6 Å². The van der Waals surface area contributed by atoms with E-state index in [1.807, 2.05) is 31.2 Å². The molecule has 1 saturated carbocycles. The standard InChI is InChI=1S/C28H28ClFO4/c1-18-13-23(10-7-19(18)8-12-28(31)32)33-24-15-22(30)16-25(17-24)34-27-11-9-21(29)14-26(27)20-5-3-2-4-6-20/h7,9-11,13-17,20H,2-6,8,12H2,1H3,(H,31,32). The smallest absolute Gasteiger partial charge is 0.303 e. The number of halogens is 2. The van der Waals surface area contributed by atoms with Gasteiger partial charge in [0.1, 0.15) is 28.8 Å². The monoisotopic (exact) mass is 482 g/mol. The van der Waals surface area contributed by atoms with Gasteiger partial charge < -0.3 is 14.6 Å². The predicted molar refractivity (Wildman–Crippen MR) is 131 cm³/mol. The third kappa shape index (κ3) is 6.29. The van der Waals surface area contributed by atoms with E-state index in [0.717, 1.165) is 29.5 Å². The maximum absolute atomic E-state index is 14.4. The molecule has 1 aliphatic rings. The number of ether oxygens (including phenoxy) is 2. The maximum atomic E-state index is 14.4. The molecule has 34 heavy (non-hydrogen) atoms. The van der Waals surface area contributed by atoms with Crippen molar-refractivity contribution in [2.24, 2.45) is 0 Å². The van der Waals surface area contributed by atoms with Gasteiger partial charge in [-0.3, -0.25) is 4.79 Å². The number of hydrogen-bond acceptors (Lipinski definition) is 3. The topological polar surface area (TPSA) is 55.8 Å². The normalized spacial score (nSPS) is 14.1. The number of carboxylic acid groups (broad SMARTS) is 1. The number of carbonyl (C=O) groups is 1. The Morgan fingerprint density at radius 1 is 0.971 bits per heavy atom. The molecule has 0 bridgehead atoms. The Hall–Kier alpha value is -3.05. The summed E-state index contributed by atoms with van der Waals surface area (Å²) in [6, 6.07) is 15.3.